The van der Waals surface area contributed by atoms with Crippen LogP contribution in [0.4, 0.5) is 23.2 Å². The second-order valence-electron chi connectivity index (χ2n) is 5.54. The fourth-order valence-corrected chi connectivity index (χ4v) is 2.49. The first-order valence-corrected chi connectivity index (χ1v) is 7.94. The molecule has 0 atom stereocenters. The number of halogens is 5. The second-order valence-corrected chi connectivity index (χ2v) is 5.94. The van der Waals surface area contributed by atoms with Crippen molar-refractivity contribution in [1.29, 1.82) is 0 Å². The molecule has 0 fully saturated rings. The summed E-state index contributed by atoms with van der Waals surface area (Å²) < 4.78 is 53.5. The van der Waals surface area contributed by atoms with Gasteiger partial charge in [0.1, 0.15) is 11.5 Å². The normalized spacial score (nSPS) is 11.0. The Hall–Kier alpha value is -3.06. The van der Waals surface area contributed by atoms with E-state index >= 15 is 0 Å². The number of Topliss-reactive ketones (excluding diaryl/α,β-unsaturated/α-hetero) is 1. The highest BCUT2D eigenvalue weighted by Crippen LogP contribution is 2.28. The highest BCUT2D eigenvalue weighted by Gasteiger charge is 2.35. The molecular formula is C17H12ClF4N3O3. The molecule has 0 aliphatic carbocycles. The van der Waals surface area contributed by atoms with Crippen LogP contribution in [0.2, 0.25) is 5.02 Å². The predicted molar refractivity (Wildman–Crippen MR) is 94.2 cm³/mol. The lowest BCUT2D eigenvalue weighted by Crippen LogP contribution is -2.41. The smallest absolute Gasteiger partial charge is 0.373 e. The molecule has 1 heterocycles. The Labute approximate surface area is 160 Å². The number of ketones is 1. The molecule has 0 aliphatic heterocycles. The first-order chi connectivity index (χ1) is 12.9. The minimum absolute atomic E-state index is 0.0600. The van der Waals surface area contributed by atoms with E-state index < -0.39 is 34.6 Å². The van der Waals surface area contributed by atoms with Gasteiger partial charge in [-0.25, -0.2) is 13.8 Å². The van der Waals surface area contributed by atoms with Crippen molar-refractivity contribution in [3.8, 4) is 17.5 Å². The van der Waals surface area contributed by atoms with E-state index in [1.165, 1.54) is 6.92 Å². The minimum atomic E-state index is -4.94. The molecule has 28 heavy (non-hydrogen) atoms. The predicted octanol–water partition coefficient (Wildman–Crippen LogP) is 2.35. The van der Waals surface area contributed by atoms with Crippen LogP contribution >= 0.6 is 11.6 Å². The molecule has 0 saturated carbocycles. The molecule has 1 aromatic heterocycles. The van der Waals surface area contributed by atoms with Gasteiger partial charge in [-0.2, -0.15) is 13.2 Å². The molecule has 0 aliphatic rings. The summed E-state index contributed by atoms with van der Waals surface area (Å²) in [7, 11) is 0.811. The van der Waals surface area contributed by atoms with Crippen molar-refractivity contribution in [3.05, 3.63) is 55.6 Å². The fourth-order valence-electron chi connectivity index (χ4n) is 2.27. The van der Waals surface area contributed by atoms with E-state index in [1.807, 2.05) is 0 Å². The SMILES string of the molecule is CC(=O)C#CCNc1cc(-n2c(=O)cc(C(F)(F)F)n(C)c2=O)c(F)cc1Cl. The molecule has 6 nitrogen and oxygen atoms in total. The minimum Gasteiger partial charge on any atom is -0.373 e. The van der Waals surface area contributed by atoms with Gasteiger partial charge in [0, 0.05) is 20.0 Å². The molecule has 11 heteroatoms. The van der Waals surface area contributed by atoms with Gasteiger partial charge in [0.05, 0.1) is 22.9 Å². The van der Waals surface area contributed by atoms with Crippen molar-refractivity contribution < 1.29 is 22.4 Å². The highest BCUT2D eigenvalue weighted by molar-refractivity contribution is 6.33. The van der Waals surface area contributed by atoms with Crippen LogP contribution < -0.4 is 16.6 Å². The third-order valence-corrected chi connectivity index (χ3v) is 3.83. The van der Waals surface area contributed by atoms with Crippen LogP contribution in [0.3, 0.4) is 0 Å². The van der Waals surface area contributed by atoms with Gasteiger partial charge in [-0.05, 0) is 18.1 Å². The molecule has 0 unspecified atom stereocenters. The molecule has 1 N–H and O–H groups in total. The van der Waals surface area contributed by atoms with Crippen LogP contribution in [0.1, 0.15) is 12.6 Å². The molecule has 148 valence electrons. The fraction of sp³-hybridized carbons (Fsp3) is 0.235. The van der Waals surface area contributed by atoms with E-state index in [9.17, 15) is 31.9 Å². The van der Waals surface area contributed by atoms with Crippen molar-refractivity contribution in [2.75, 3.05) is 11.9 Å². The molecule has 0 radical (unpaired) electrons. The quantitative estimate of drug-likeness (QED) is 0.473. The maximum Gasteiger partial charge on any atom is 0.431 e. The maximum absolute atomic E-state index is 14.3. The summed E-state index contributed by atoms with van der Waals surface area (Å²) in [5.74, 6) is 3.25. The van der Waals surface area contributed by atoms with E-state index in [0.29, 0.717) is 0 Å². The van der Waals surface area contributed by atoms with E-state index in [2.05, 4.69) is 17.2 Å². The van der Waals surface area contributed by atoms with Gasteiger partial charge < -0.3 is 5.32 Å². The lowest BCUT2D eigenvalue weighted by Gasteiger charge is -2.15. The third-order valence-electron chi connectivity index (χ3n) is 3.52. The van der Waals surface area contributed by atoms with Crippen molar-refractivity contribution in [2.24, 2.45) is 7.05 Å². The number of benzene rings is 1. The molecule has 2 rings (SSSR count). The van der Waals surface area contributed by atoms with Crippen molar-refractivity contribution in [2.45, 2.75) is 13.1 Å². The van der Waals surface area contributed by atoms with Gasteiger partial charge in [-0.1, -0.05) is 17.5 Å². The molecule has 2 aromatic rings. The Morgan fingerprint density at radius 1 is 1.25 bits per heavy atom. The average Bonchev–Trinajstić information content (AvgIpc) is 2.56. The van der Waals surface area contributed by atoms with Gasteiger partial charge in [0.25, 0.3) is 5.56 Å². The van der Waals surface area contributed by atoms with Crippen LogP contribution in [-0.4, -0.2) is 21.5 Å². The number of nitrogens with one attached hydrogen (secondary N) is 1. The number of carbonyl (C=O) groups excluding carboxylic acids is 1. The van der Waals surface area contributed by atoms with Gasteiger partial charge in [0.2, 0.25) is 5.78 Å². The number of nitrogens with zero attached hydrogens (tertiary/aromatic N) is 2. The van der Waals surface area contributed by atoms with Crippen LogP contribution in [0.5, 0.6) is 0 Å². The van der Waals surface area contributed by atoms with Crippen LogP contribution in [-0.2, 0) is 18.0 Å². The number of anilines is 1. The standard InChI is InChI=1S/C17H12ClF4N3O3/c1-9(26)4-3-5-23-12-7-13(11(19)6-10(12)18)25-15(27)8-14(17(20,21)22)24(2)16(25)28/h6-8,23H,5H2,1-2H3. The number of hydrogen-bond donors (Lipinski definition) is 1. The Morgan fingerprint density at radius 3 is 2.46 bits per heavy atom. The van der Waals surface area contributed by atoms with Crippen molar-refractivity contribution in [3.63, 3.8) is 0 Å². The largest absolute Gasteiger partial charge is 0.431 e. The highest BCUT2D eigenvalue weighted by atomic mass is 35.5. The zero-order valence-electron chi connectivity index (χ0n) is 14.4. The van der Waals surface area contributed by atoms with Gasteiger partial charge in [-0.3, -0.25) is 14.2 Å². The van der Waals surface area contributed by atoms with Gasteiger partial charge in [-0.15, -0.1) is 0 Å². The summed E-state index contributed by atoms with van der Waals surface area (Å²) in [5, 5.41) is 2.54. The van der Waals surface area contributed by atoms with Crippen molar-refractivity contribution in [1.82, 2.24) is 9.13 Å². The molecule has 1 aromatic carbocycles. The first kappa shape index (κ1) is 21.2. The summed E-state index contributed by atoms with van der Waals surface area (Å²) in [6.45, 7) is 1.19. The van der Waals surface area contributed by atoms with E-state index in [-0.39, 0.29) is 38.2 Å². The van der Waals surface area contributed by atoms with E-state index in [1.54, 1.807) is 0 Å². The molecule has 0 amide bonds. The average molecular weight is 418 g/mol. The molecular weight excluding hydrogens is 406 g/mol. The summed E-state index contributed by atoms with van der Waals surface area (Å²) in [6.07, 6.45) is -4.94. The van der Waals surface area contributed by atoms with Crippen LogP contribution in [0, 0.1) is 17.7 Å². The summed E-state index contributed by atoms with van der Waals surface area (Å²) in [4.78, 5) is 35.2. The summed E-state index contributed by atoms with van der Waals surface area (Å²) in [5.41, 5.74) is -4.75. The number of rotatable bonds is 3. The van der Waals surface area contributed by atoms with Crippen LogP contribution in [0.15, 0.2) is 27.8 Å². The van der Waals surface area contributed by atoms with Gasteiger partial charge in [0.15, 0.2) is 0 Å². The Bertz CT molecular complexity index is 1120. The Kier molecular flexibility index (Phi) is 5.99. The van der Waals surface area contributed by atoms with E-state index in [0.717, 1.165) is 19.2 Å². The number of hydrogen-bond acceptors (Lipinski definition) is 4. The number of aromatic nitrogens is 2. The molecule has 0 saturated heterocycles. The zero-order valence-corrected chi connectivity index (χ0v) is 15.2. The first-order valence-electron chi connectivity index (χ1n) is 7.56. The monoisotopic (exact) mass is 417 g/mol. The number of carbonyl (C=O) groups is 1. The topological polar surface area (TPSA) is 73.1 Å². The van der Waals surface area contributed by atoms with Crippen LogP contribution in [0.25, 0.3) is 5.69 Å². The van der Waals surface area contributed by atoms with Gasteiger partial charge >= 0.3 is 11.9 Å². The Balaban J connectivity index is 2.60. The lowest BCUT2D eigenvalue weighted by molar-refractivity contribution is -0.144. The third kappa shape index (κ3) is 4.43. The van der Waals surface area contributed by atoms with Crippen molar-refractivity contribution >= 4 is 23.1 Å². The Morgan fingerprint density at radius 2 is 1.89 bits per heavy atom. The maximum atomic E-state index is 14.3. The zero-order chi connectivity index (χ0) is 21.2. The second kappa shape index (κ2) is 7.90. The molecule has 0 spiro atoms. The lowest BCUT2D eigenvalue weighted by atomic mass is 10.2. The molecule has 0 bridgehead atoms. The summed E-state index contributed by atoms with van der Waals surface area (Å²) >= 11 is 5.89. The number of alkyl halides is 3. The van der Waals surface area contributed by atoms with E-state index in [4.69, 9.17) is 11.6 Å². The summed E-state index contributed by atoms with van der Waals surface area (Å²) in [6, 6.07) is 1.98.